The van der Waals surface area contributed by atoms with Crippen LogP contribution in [-0.2, 0) is 13.0 Å². The summed E-state index contributed by atoms with van der Waals surface area (Å²) < 4.78 is 44.6. The summed E-state index contributed by atoms with van der Waals surface area (Å²) in [6.45, 7) is 4.68. The van der Waals surface area contributed by atoms with E-state index in [9.17, 15) is 13.2 Å². The van der Waals surface area contributed by atoms with Gasteiger partial charge < -0.3 is 5.32 Å². The van der Waals surface area contributed by atoms with Crippen molar-refractivity contribution in [1.29, 1.82) is 0 Å². The molecule has 4 atom stereocenters. The van der Waals surface area contributed by atoms with Crippen molar-refractivity contribution in [3.8, 4) is 5.69 Å². The number of aryl methyl sites for hydroxylation is 1. The number of aromatic nitrogens is 3. The maximum absolute atomic E-state index is 14.2. The van der Waals surface area contributed by atoms with Crippen LogP contribution in [0.1, 0.15) is 48.6 Å². The highest BCUT2D eigenvalue weighted by molar-refractivity contribution is 5.64. The number of allylic oxidation sites excluding steroid dienone is 2. The van der Waals surface area contributed by atoms with Gasteiger partial charge in [-0.25, -0.2) is 4.68 Å². The Morgan fingerprint density at radius 3 is 2.59 bits per heavy atom. The molecule has 3 aliphatic carbocycles. The van der Waals surface area contributed by atoms with Gasteiger partial charge in [0.2, 0.25) is 0 Å². The molecule has 0 aliphatic heterocycles. The maximum Gasteiger partial charge on any atom is 0.393 e. The number of fused-ring (bicyclic) bond motifs is 4. The summed E-state index contributed by atoms with van der Waals surface area (Å²) in [5.74, 6) is -1.54. The molecule has 6 rings (SSSR count). The molecule has 0 radical (unpaired) electrons. The van der Waals surface area contributed by atoms with Crippen LogP contribution in [0.5, 0.6) is 0 Å². The van der Waals surface area contributed by atoms with Gasteiger partial charge in [0.1, 0.15) is 0 Å². The van der Waals surface area contributed by atoms with E-state index in [-0.39, 0.29) is 17.8 Å². The fraction of sp³-hybridized carbons (Fsp3) is 0.400. The van der Waals surface area contributed by atoms with Gasteiger partial charge in [-0.15, -0.1) is 0 Å². The summed E-state index contributed by atoms with van der Waals surface area (Å²) in [5.41, 5.74) is 7.57. The lowest BCUT2D eigenvalue weighted by Crippen LogP contribution is -2.53. The highest BCUT2D eigenvalue weighted by atomic mass is 19.4. The van der Waals surface area contributed by atoms with Crippen LogP contribution in [0.4, 0.5) is 13.2 Å². The molecule has 0 unspecified atom stereocenters. The van der Waals surface area contributed by atoms with Crippen LogP contribution >= 0.6 is 0 Å². The maximum atomic E-state index is 14.2. The van der Waals surface area contributed by atoms with E-state index < -0.39 is 18.1 Å². The van der Waals surface area contributed by atoms with Gasteiger partial charge in [-0.1, -0.05) is 41.8 Å². The predicted molar refractivity (Wildman–Crippen MR) is 138 cm³/mol. The number of alkyl halides is 3. The molecule has 7 heteroatoms. The molecule has 4 nitrogen and oxygen atoms in total. The minimum absolute atomic E-state index is 0.0156. The number of hydrogen-bond acceptors (Lipinski definition) is 3. The lowest BCUT2D eigenvalue weighted by molar-refractivity contribution is -0.187. The van der Waals surface area contributed by atoms with E-state index in [2.05, 4.69) is 54.5 Å². The van der Waals surface area contributed by atoms with Gasteiger partial charge >= 0.3 is 6.18 Å². The first-order valence-electron chi connectivity index (χ1n) is 13.0. The molecule has 0 saturated heterocycles. The highest BCUT2D eigenvalue weighted by Crippen LogP contribution is 2.57. The average molecular weight is 505 g/mol. The van der Waals surface area contributed by atoms with E-state index in [0.29, 0.717) is 13.0 Å². The normalized spacial score (nSPS) is 27.0. The summed E-state index contributed by atoms with van der Waals surface area (Å²) >= 11 is 0. The molecule has 1 aromatic carbocycles. The molecule has 0 spiro atoms. The second-order valence-electron chi connectivity index (χ2n) is 10.9. The Morgan fingerprint density at radius 1 is 1.11 bits per heavy atom. The molecule has 2 heterocycles. The van der Waals surface area contributed by atoms with Crippen molar-refractivity contribution in [1.82, 2.24) is 20.1 Å². The van der Waals surface area contributed by atoms with Gasteiger partial charge in [0.05, 0.1) is 23.5 Å². The van der Waals surface area contributed by atoms with Crippen LogP contribution < -0.4 is 5.32 Å². The molecule has 1 fully saturated rings. The zero-order valence-electron chi connectivity index (χ0n) is 21.1. The predicted octanol–water partition coefficient (Wildman–Crippen LogP) is 6.60. The molecular formula is C30H31F3N4. The first kappa shape index (κ1) is 24.2. The molecule has 0 amide bonds. The third-order valence-electron chi connectivity index (χ3n) is 8.66. The van der Waals surface area contributed by atoms with Gasteiger partial charge in [0.25, 0.3) is 0 Å². The number of hydrogen-bond donors (Lipinski definition) is 1. The van der Waals surface area contributed by atoms with Crippen molar-refractivity contribution >= 4 is 6.08 Å². The largest absolute Gasteiger partial charge is 0.393 e. The molecule has 3 aromatic rings. The van der Waals surface area contributed by atoms with Crippen molar-refractivity contribution in [3.05, 3.63) is 94.6 Å². The number of nitrogens with one attached hydrogen (secondary N) is 1. The fourth-order valence-electron chi connectivity index (χ4n) is 6.69. The average Bonchev–Trinajstić information content (AvgIpc) is 3.28. The van der Waals surface area contributed by atoms with E-state index in [4.69, 9.17) is 5.10 Å². The van der Waals surface area contributed by atoms with Crippen LogP contribution in [-0.4, -0.2) is 27.0 Å². The fourth-order valence-corrected chi connectivity index (χ4v) is 6.69. The zero-order valence-corrected chi connectivity index (χ0v) is 21.1. The van der Waals surface area contributed by atoms with Crippen LogP contribution in [0.15, 0.2) is 72.2 Å². The number of rotatable bonds is 4. The van der Waals surface area contributed by atoms with E-state index >= 15 is 0 Å². The van der Waals surface area contributed by atoms with Crippen LogP contribution in [0.3, 0.4) is 0 Å². The first-order chi connectivity index (χ1) is 17.7. The minimum atomic E-state index is -4.25. The molecule has 1 saturated carbocycles. The number of benzene rings is 1. The minimum Gasteiger partial charge on any atom is -0.309 e. The van der Waals surface area contributed by atoms with Crippen molar-refractivity contribution in [2.24, 2.45) is 17.3 Å². The Labute approximate surface area is 215 Å². The highest BCUT2D eigenvalue weighted by Gasteiger charge is 2.54. The van der Waals surface area contributed by atoms with Gasteiger partial charge in [0.15, 0.2) is 0 Å². The first-order valence-corrected chi connectivity index (χ1v) is 13.0. The van der Waals surface area contributed by atoms with Crippen molar-refractivity contribution in [2.45, 2.75) is 58.3 Å². The smallest absolute Gasteiger partial charge is 0.309 e. The Hall–Kier alpha value is -3.19. The third kappa shape index (κ3) is 4.23. The zero-order chi connectivity index (χ0) is 25.8. The van der Waals surface area contributed by atoms with E-state index in [0.717, 1.165) is 40.9 Å². The van der Waals surface area contributed by atoms with Crippen molar-refractivity contribution in [2.75, 3.05) is 0 Å². The molecule has 0 bridgehead atoms. The quantitative estimate of drug-likeness (QED) is 0.407. The van der Waals surface area contributed by atoms with E-state index in [1.807, 2.05) is 29.1 Å². The Balaban J connectivity index is 1.33. The molecule has 2 aromatic heterocycles. The monoisotopic (exact) mass is 504 g/mol. The van der Waals surface area contributed by atoms with Crippen LogP contribution in [0.25, 0.3) is 11.8 Å². The van der Waals surface area contributed by atoms with E-state index in [1.165, 1.54) is 11.1 Å². The van der Waals surface area contributed by atoms with E-state index in [1.54, 1.807) is 12.4 Å². The van der Waals surface area contributed by atoms with Crippen LogP contribution in [0, 0.1) is 24.2 Å². The van der Waals surface area contributed by atoms with Gasteiger partial charge in [-0.3, -0.25) is 4.98 Å². The topological polar surface area (TPSA) is 42.7 Å². The Bertz CT molecular complexity index is 1350. The Morgan fingerprint density at radius 2 is 1.86 bits per heavy atom. The SMILES string of the molecule is Cc1ccc(-n2ncc3c2C=C2CC[C@H]4C(=CC[C@@H](C(F)(F)F)[C@@H]4NCc4ccncc4)[C@@]2(C)C3)cc1. The molecule has 3 aliphatic rings. The molecule has 1 N–H and O–H groups in total. The van der Waals surface area contributed by atoms with Gasteiger partial charge in [-0.2, -0.15) is 18.3 Å². The second kappa shape index (κ2) is 8.98. The lowest BCUT2D eigenvalue weighted by Gasteiger charge is -2.51. The summed E-state index contributed by atoms with van der Waals surface area (Å²) in [7, 11) is 0. The number of pyridine rings is 1. The second-order valence-corrected chi connectivity index (χ2v) is 10.9. The summed E-state index contributed by atoms with van der Waals surface area (Å²) in [6, 6.07) is 11.4. The van der Waals surface area contributed by atoms with Gasteiger partial charge in [-0.05, 0) is 80.0 Å². The lowest BCUT2D eigenvalue weighted by atomic mass is 9.55. The summed E-state index contributed by atoms with van der Waals surface area (Å²) in [4.78, 5) is 4.03. The summed E-state index contributed by atoms with van der Waals surface area (Å²) in [5, 5.41) is 8.03. The molecular weight excluding hydrogens is 473 g/mol. The standard InChI is InChI=1S/C30H31F3N4/c1-19-3-6-23(7-4-19)37-27-15-22-5-8-24-25(29(22,2)16-21(27)18-36-37)9-10-26(30(31,32)33)28(24)35-17-20-11-13-34-14-12-20/h3-4,6-7,9,11-15,18,24,26,28,35H,5,8,10,16-17H2,1-2H3/t24-,26+,28+,29-/m0/s1. The van der Waals surface area contributed by atoms with Crippen LogP contribution in [0.2, 0.25) is 0 Å². The number of nitrogens with zero attached hydrogens (tertiary/aromatic N) is 3. The number of halogens is 3. The molecule has 192 valence electrons. The summed E-state index contributed by atoms with van der Waals surface area (Å²) in [6.07, 6.45) is 7.48. The Kier molecular flexibility index (Phi) is 5.86. The van der Waals surface area contributed by atoms with Crippen molar-refractivity contribution < 1.29 is 13.2 Å². The van der Waals surface area contributed by atoms with Crippen molar-refractivity contribution in [3.63, 3.8) is 0 Å². The molecule has 37 heavy (non-hydrogen) atoms. The van der Waals surface area contributed by atoms with Gasteiger partial charge in [0, 0.05) is 30.4 Å². The third-order valence-corrected chi connectivity index (χ3v) is 8.66.